The van der Waals surface area contributed by atoms with Crippen molar-refractivity contribution in [2.24, 2.45) is 0 Å². The highest BCUT2D eigenvalue weighted by Crippen LogP contribution is 2.24. The summed E-state index contributed by atoms with van der Waals surface area (Å²) in [6.45, 7) is 2.13. The van der Waals surface area contributed by atoms with Gasteiger partial charge in [-0.05, 0) is 30.2 Å². The highest BCUT2D eigenvalue weighted by atomic mass is 16.4. The van der Waals surface area contributed by atoms with Crippen LogP contribution in [0.15, 0.2) is 52.9 Å². The number of nitrogens with one attached hydrogen (secondary N) is 1. The summed E-state index contributed by atoms with van der Waals surface area (Å²) < 4.78 is 5.65. The number of nitrogens with zero attached hydrogens (tertiary/aromatic N) is 1. The lowest BCUT2D eigenvalue weighted by atomic mass is 10.1. The van der Waals surface area contributed by atoms with Crippen LogP contribution in [0.2, 0.25) is 0 Å². The van der Waals surface area contributed by atoms with Crippen molar-refractivity contribution in [3.8, 4) is 0 Å². The van der Waals surface area contributed by atoms with Crippen molar-refractivity contribution >= 4 is 22.8 Å². The monoisotopic (exact) mass is 238 g/mol. The van der Waals surface area contributed by atoms with Crippen molar-refractivity contribution in [1.82, 2.24) is 4.98 Å². The maximum Gasteiger partial charge on any atom is 0.300 e. The Hall–Kier alpha value is -2.29. The minimum atomic E-state index is 0.539. The van der Waals surface area contributed by atoms with Crippen molar-refractivity contribution in [1.29, 1.82) is 0 Å². The third-order valence-electron chi connectivity index (χ3n) is 2.93. The van der Waals surface area contributed by atoms with Crippen LogP contribution in [0.25, 0.3) is 11.1 Å². The third kappa shape index (κ3) is 1.95. The average Bonchev–Trinajstić information content (AvgIpc) is 2.81. The molecule has 0 amide bonds. The average molecular weight is 238 g/mol. The van der Waals surface area contributed by atoms with Gasteiger partial charge in [0.25, 0.3) is 6.01 Å². The number of oxazole rings is 1. The topological polar surface area (TPSA) is 38.1 Å². The van der Waals surface area contributed by atoms with E-state index in [0.29, 0.717) is 6.01 Å². The van der Waals surface area contributed by atoms with Crippen LogP contribution in [0.5, 0.6) is 0 Å². The van der Waals surface area contributed by atoms with Gasteiger partial charge in [-0.15, -0.1) is 0 Å². The van der Waals surface area contributed by atoms with Crippen molar-refractivity contribution in [3.05, 3.63) is 54.1 Å². The van der Waals surface area contributed by atoms with Gasteiger partial charge < -0.3 is 9.73 Å². The molecule has 0 fully saturated rings. The summed E-state index contributed by atoms with van der Waals surface area (Å²) in [4.78, 5) is 4.41. The number of aryl methyl sites for hydroxylation is 1. The first-order chi connectivity index (χ1) is 8.86. The zero-order valence-electron chi connectivity index (χ0n) is 10.2. The molecule has 0 bridgehead atoms. The quantitative estimate of drug-likeness (QED) is 0.745. The van der Waals surface area contributed by atoms with E-state index in [-0.39, 0.29) is 0 Å². The Labute approximate surface area is 105 Å². The van der Waals surface area contributed by atoms with Gasteiger partial charge in [0, 0.05) is 5.69 Å². The first-order valence-corrected chi connectivity index (χ1v) is 6.07. The van der Waals surface area contributed by atoms with Gasteiger partial charge in [0.15, 0.2) is 5.58 Å². The Morgan fingerprint density at radius 3 is 2.67 bits per heavy atom. The molecule has 1 heterocycles. The molecule has 0 spiro atoms. The number of para-hydroxylation sites is 3. The Bertz CT molecular complexity index is 640. The second kappa shape index (κ2) is 4.53. The van der Waals surface area contributed by atoms with Gasteiger partial charge in [-0.25, -0.2) is 0 Å². The maximum absolute atomic E-state index is 5.65. The summed E-state index contributed by atoms with van der Waals surface area (Å²) in [5.74, 6) is 0. The molecule has 90 valence electrons. The molecule has 18 heavy (non-hydrogen) atoms. The molecule has 3 heteroatoms. The van der Waals surface area contributed by atoms with Gasteiger partial charge in [-0.3, -0.25) is 0 Å². The fraction of sp³-hybridized carbons (Fsp3) is 0.133. The molecule has 0 atom stereocenters. The highest BCUT2D eigenvalue weighted by molar-refractivity contribution is 5.75. The van der Waals surface area contributed by atoms with E-state index in [9.17, 15) is 0 Å². The number of aromatic nitrogens is 1. The first kappa shape index (κ1) is 10.8. The van der Waals surface area contributed by atoms with Crippen LogP contribution in [0.1, 0.15) is 12.5 Å². The molecule has 0 radical (unpaired) electrons. The molecular formula is C15H14N2O. The van der Waals surface area contributed by atoms with Crippen LogP contribution in [0, 0.1) is 0 Å². The summed E-state index contributed by atoms with van der Waals surface area (Å²) >= 11 is 0. The second-order valence-corrected chi connectivity index (χ2v) is 4.12. The summed E-state index contributed by atoms with van der Waals surface area (Å²) in [5, 5.41) is 3.24. The van der Waals surface area contributed by atoms with E-state index in [1.807, 2.05) is 42.5 Å². The lowest BCUT2D eigenvalue weighted by molar-refractivity contribution is 0.623. The number of fused-ring (bicyclic) bond motifs is 1. The van der Waals surface area contributed by atoms with E-state index in [0.717, 1.165) is 23.2 Å². The van der Waals surface area contributed by atoms with Crippen molar-refractivity contribution in [3.63, 3.8) is 0 Å². The molecule has 3 rings (SSSR count). The van der Waals surface area contributed by atoms with Crippen molar-refractivity contribution in [2.45, 2.75) is 13.3 Å². The Kier molecular flexibility index (Phi) is 2.73. The summed E-state index contributed by atoms with van der Waals surface area (Å²) in [5.41, 5.74) is 3.97. The van der Waals surface area contributed by atoms with Crippen molar-refractivity contribution in [2.75, 3.05) is 5.32 Å². The predicted molar refractivity (Wildman–Crippen MR) is 73.1 cm³/mol. The largest absolute Gasteiger partial charge is 0.423 e. The zero-order valence-corrected chi connectivity index (χ0v) is 10.2. The SMILES string of the molecule is CCc1ccccc1Nc1nc2ccccc2o1. The molecule has 2 aromatic carbocycles. The highest BCUT2D eigenvalue weighted by Gasteiger charge is 2.06. The van der Waals surface area contributed by atoms with E-state index in [1.165, 1.54) is 5.56 Å². The molecular weight excluding hydrogens is 224 g/mol. The Morgan fingerprint density at radius 1 is 1.06 bits per heavy atom. The number of hydrogen-bond donors (Lipinski definition) is 1. The maximum atomic E-state index is 5.65. The van der Waals surface area contributed by atoms with E-state index < -0.39 is 0 Å². The lowest BCUT2D eigenvalue weighted by Crippen LogP contribution is -1.94. The van der Waals surface area contributed by atoms with Gasteiger partial charge >= 0.3 is 0 Å². The summed E-state index contributed by atoms with van der Waals surface area (Å²) in [7, 11) is 0. The van der Waals surface area contributed by atoms with Gasteiger partial charge in [-0.1, -0.05) is 37.3 Å². The normalized spacial score (nSPS) is 10.7. The van der Waals surface area contributed by atoms with Gasteiger partial charge in [0.05, 0.1) is 0 Å². The number of rotatable bonds is 3. The van der Waals surface area contributed by atoms with Gasteiger partial charge in [0.1, 0.15) is 5.52 Å². The fourth-order valence-corrected chi connectivity index (χ4v) is 1.99. The van der Waals surface area contributed by atoms with E-state index in [1.54, 1.807) is 0 Å². The molecule has 0 aliphatic carbocycles. The van der Waals surface area contributed by atoms with E-state index >= 15 is 0 Å². The smallest absolute Gasteiger partial charge is 0.300 e. The van der Waals surface area contributed by atoms with E-state index in [2.05, 4.69) is 23.3 Å². The molecule has 3 nitrogen and oxygen atoms in total. The predicted octanol–water partition coefficient (Wildman–Crippen LogP) is 4.13. The molecule has 0 aliphatic heterocycles. The number of hydrogen-bond acceptors (Lipinski definition) is 3. The van der Waals surface area contributed by atoms with Crippen LogP contribution >= 0.6 is 0 Å². The summed E-state index contributed by atoms with van der Waals surface area (Å²) in [6.07, 6.45) is 0.976. The minimum absolute atomic E-state index is 0.539. The van der Waals surface area contributed by atoms with E-state index in [4.69, 9.17) is 4.42 Å². The Balaban J connectivity index is 1.96. The van der Waals surface area contributed by atoms with Crippen LogP contribution in [-0.4, -0.2) is 4.98 Å². The molecule has 3 aromatic rings. The lowest BCUT2D eigenvalue weighted by Gasteiger charge is -2.06. The first-order valence-electron chi connectivity index (χ1n) is 6.07. The second-order valence-electron chi connectivity index (χ2n) is 4.12. The molecule has 0 aliphatic rings. The molecule has 0 unspecified atom stereocenters. The fourth-order valence-electron chi connectivity index (χ4n) is 1.99. The number of benzene rings is 2. The van der Waals surface area contributed by atoms with Gasteiger partial charge in [0.2, 0.25) is 0 Å². The van der Waals surface area contributed by atoms with Crippen LogP contribution in [0.3, 0.4) is 0 Å². The van der Waals surface area contributed by atoms with Crippen LogP contribution in [-0.2, 0) is 6.42 Å². The Morgan fingerprint density at radius 2 is 1.83 bits per heavy atom. The van der Waals surface area contributed by atoms with Crippen molar-refractivity contribution < 1.29 is 4.42 Å². The van der Waals surface area contributed by atoms with Crippen LogP contribution in [0.4, 0.5) is 11.7 Å². The standard InChI is InChI=1S/C15H14N2O/c1-2-11-7-3-4-8-12(11)16-15-17-13-9-5-6-10-14(13)18-15/h3-10H,2H2,1H3,(H,16,17). The summed E-state index contributed by atoms with van der Waals surface area (Å²) in [6, 6.07) is 16.5. The zero-order chi connectivity index (χ0) is 12.4. The molecule has 0 saturated heterocycles. The molecule has 0 saturated carbocycles. The minimum Gasteiger partial charge on any atom is -0.423 e. The molecule has 1 aromatic heterocycles. The van der Waals surface area contributed by atoms with Crippen LogP contribution < -0.4 is 5.32 Å². The molecule has 1 N–H and O–H groups in total. The third-order valence-corrected chi connectivity index (χ3v) is 2.93. The number of anilines is 2. The van der Waals surface area contributed by atoms with Gasteiger partial charge in [-0.2, -0.15) is 4.98 Å².